The van der Waals surface area contributed by atoms with Gasteiger partial charge in [0, 0.05) is 10.6 Å². The van der Waals surface area contributed by atoms with E-state index in [1.165, 1.54) is 10.5 Å². The zero-order chi connectivity index (χ0) is 20.7. The van der Waals surface area contributed by atoms with Crippen LogP contribution in [0, 0.1) is 5.92 Å². The number of carboxylic acids is 1. The highest BCUT2D eigenvalue weighted by Crippen LogP contribution is 2.44. The second-order valence-electron chi connectivity index (χ2n) is 8.06. The van der Waals surface area contributed by atoms with Crippen LogP contribution in [-0.2, 0) is 16.0 Å². The minimum Gasteiger partial charge on any atom is -0.480 e. The molecule has 2 aromatic carbocycles. The summed E-state index contributed by atoms with van der Waals surface area (Å²) >= 11 is 6.20. The predicted octanol–water partition coefficient (Wildman–Crippen LogP) is 4.79. The Kier molecular flexibility index (Phi) is 5.26. The summed E-state index contributed by atoms with van der Waals surface area (Å²) in [5.74, 6) is -1.08. The number of amides is 1. The molecule has 2 aliphatic rings. The second kappa shape index (κ2) is 7.71. The van der Waals surface area contributed by atoms with Gasteiger partial charge in [0.2, 0.25) is 0 Å². The van der Waals surface area contributed by atoms with Crippen LogP contribution < -0.4 is 4.74 Å². The number of carboxylic acid groups (broad SMARTS) is 1. The summed E-state index contributed by atoms with van der Waals surface area (Å²) in [4.78, 5) is 27.7. The molecule has 1 amide bonds. The Morgan fingerprint density at radius 1 is 1.21 bits per heavy atom. The standard InChI is InChI=1S/C23H24ClNO4/c1-13(2)21-22(26)25(18-9-5-7-14-6-3-4-8-16(14)18)20(23(27)28)17-12-15(24)10-11-19(17)29-21/h3-4,6,8,10-13,18,20-21H,5,7,9H2,1-2H3,(H,27,28). The third-order valence-electron chi connectivity index (χ3n) is 5.81. The molecule has 2 aromatic rings. The number of aryl methyl sites for hydroxylation is 1. The van der Waals surface area contributed by atoms with Gasteiger partial charge < -0.3 is 14.7 Å². The van der Waals surface area contributed by atoms with E-state index in [9.17, 15) is 14.7 Å². The predicted molar refractivity (Wildman–Crippen MR) is 110 cm³/mol. The molecule has 6 heteroatoms. The molecule has 3 atom stereocenters. The Bertz CT molecular complexity index is 958. The van der Waals surface area contributed by atoms with Crippen molar-refractivity contribution in [2.75, 3.05) is 0 Å². The van der Waals surface area contributed by atoms with Crippen molar-refractivity contribution in [3.8, 4) is 5.75 Å². The van der Waals surface area contributed by atoms with Crippen LogP contribution in [0.5, 0.6) is 5.75 Å². The fourth-order valence-corrected chi connectivity index (χ4v) is 4.66. The van der Waals surface area contributed by atoms with Crippen LogP contribution in [0.15, 0.2) is 42.5 Å². The summed E-state index contributed by atoms with van der Waals surface area (Å²) < 4.78 is 6.06. The van der Waals surface area contributed by atoms with Crippen LogP contribution in [0.3, 0.4) is 0 Å². The van der Waals surface area contributed by atoms with Gasteiger partial charge >= 0.3 is 5.97 Å². The van der Waals surface area contributed by atoms with Crippen molar-refractivity contribution in [3.05, 3.63) is 64.2 Å². The summed E-state index contributed by atoms with van der Waals surface area (Å²) in [6, 6.07) is 11.4. The molecule has 0 saturated heterocycles. The van der Waals surface area contributed by atoms with Crippen LogP contribution in [0.25, 0.3) is 0 Å². The van der Waals surface area contributed by atoms with E-state index in [1.54, 1.807) is 18.2 Å². The van der Waals surface area contributed by atoms with Crippen LogP contribution in [-0.4, -0.2) is 28.0 Å². The molecule has 0 bridgehead atoms. The molecule has 3 unspecified atom stereocenters. The fraction of sp³-hybridized carbons (Fsp3) is 0.391. The Labute approximate surface area is 175 Å². The number of halogens is 1. The molecule has 0 radical (unpaired) electrons. The molecule has 0 saturated carbocycles. The van der Waals surface area contributed by atoms with Crippen molar-refractivity contribution in [2.45, 2.75) is 51.3 Å². The maximum absolute atomic E-state index is 13.7. The van der Waals surface area contributed by atoms with Crippen molar-refractivity contribution in [1.29, 1.82) is 0 Å². The summed E-state index contributed by atoms with van der Waals surface area (Å²) in [5.41, 5.74) is 2.61. The fourth-order valence-electron chi connectivity index (χ4n) is 4.48. The Hall–Kier alpha value is -2.53. The van der Waals surface area contributed by atoms with E-state index in [-0.39, 0.29) is 17.9 Å². The molecule has 0 spiro atoms. The van der Waals surface area contributed by atoms with Crippen molar-refractivity contribution < 1.29 is 19.4 Å². The number of hydrogen-bond acceptors (Lipinski definition) is 3. The number of carbonyl (C=O) groups is 2. The van der Waals surface area contributed by atoms with E-state index in [4.69, 9.17) is 16.3 Å². The lowest BCUT2D eigenvalue weighted by Crippen LogP contribution is -2.48. The van der Waals surface area contributed by atoms with Crippen LogP contribution in [0.4, 0.5) is 0 Å². The van der Waals surface area contributed by atoms with Crippen LogP contribution in [0.2, 0.25) is 5.02 Å². The Morgan fingerprint density at radius 3 is 2.69 bits per heavy atom. The number of nitrogens with zero attached hydrogens (tertiary/aromatic N) is 1. The molecule has 29 heavy (non-hydrogen) atoms. The van der Waals surface area contributed by atoms with Gasteiger partial charge in [0.05, 0.1) is 6.04 Å². The third kappa shape index (κ3) is 3.48. The number of carbonyl (C=O) groups excluding carboxylic acids is 1. The third-order valence-corrected chi connectivity index (χ3v) is 6.04. The maximum Gasteiger partial charge on any atom is 0.331 e. The molecule has 5 nitrogen and oxygen atoms in total. The summed E-state index contributed by atoms with van der Waals surface area (Å²) in [6.07, 6.45) is 1.79. The largest absolute Gasteiger partial charge is 0.480 e. The number of ether oxygens (including phenoxy) is 1. The molecule has 1 N–H and O–H groups in total. The van der Waals surface area contributed by atoms with Gasteiger partial charge in [-0.25, -0.2) is 4.79 Å². The molecular weight excluding hydrogens is 390 g/mol. The highest BCUT2D eigenvalue weighted by atomic mass is 35.5. The first-order valence-electron chi connectivity index (χ1n) is 9.97. The average Bonchev–Trinajstić information content (AvgIpc) is 2.82. The summed E-state index contributed by atoms with van der Waals surface area (Å²) in [5, 5.41) is 10.6. The minimum atomic E-state index is -1.16. The van der Waals surface area contributed by atoms with Gasteiger partial charge in [0.15, 0.2) is 12.1 Å². The zero-order valence-electron chi connectivity index (χ0n) is 16.5. The normalized spacial score (nSPS) is 23.8. The van der Waals surface area contributed by atoms with Gasteiger partial charge in [-0.2, -0.15) is 0 Å². The topological polar surface area (TPSA) is 66.8 Å². The molecule has 1 heterocycles. The van der Waals surface area contributed by atoms with E-state index in [0.717, 1.165) is 18.4 Å². The van der Waals surface area contributed by atoms with Crippen molar-refractivity contribution in [1.82, 2.24) is 4.90 Å². The average molecular weight is 414 g/mol. The lowest BCUT2D eigenvalue weighted by molar-refractivity contribution is -0.156. The number of hydrogen-bond donors (Lipinski definition) is 1. The zero-order valence-corrected chi connectivity index (χ0v) is 17.2. The lowest BCUT2D eigenvalue weighted by atomic mass is 9.85. The molecular formula is C23H24ClNO4. The Morgan fingerprint density at radius 2 is 1.97 bits per heavy atom. The van der Waals surface area contributed by atoms with E-state index in [0.29, 0.717) is 22.8 Å². The number of fused-ring (bicyclic) bond motifs is 2. The monoisotopic (exact) mass is 413 g/mol. The highest BCUT2D eigenvalue weighted by molar-refractivity contribution is 6.30. The van der Waals surface area contributed by atoms with Gasteiger partial charge in [-0.3, -0.25) is 4.79 Å². The second-order valence-corrected chi connectivity index (χ2v) is 8.49. The Balaban J connectivity index is 1.92. The molecule has 0 fully saturated rings. The van der Waals surface area contributed by atoms with E-state index in [2.05, 4.69) is 6.07 Å². The van der Waals surface area contributed by atoms with Gasteiger partial charge in [-0.1, -0.05) is 49.7 Å². The van der Waals surface area contributed by atoms with E-state index < -0.39 is 18.1 Å². The van der Waals surface area contributed by atoms with E-state index in [1.807, 2.05) is 32.0 Å². The maximum atomic E-state index is 13.7. The molecule has 1 aliphatic carbocycles. The van der Waals surface area contributed by atoms with Gasteiger partial charge in [0.1, 0.15) is 5.75 Å². The molecule has 152 valence electrons. The molecule has 1 aliphatic heterocycles. The van der Waals surface area contributed by atoms with Crippen LogP contribution in [0.1, 0.15) is 55.5 Å². The first kappa shape index (κ1) is 19.8. The quantitative estimate of drug-likeness (QED) is 0.785. The molecule has 0 aromatic heterocycles. The number of aliphatic carboxylic acids is 1. The van der Waals surface area contributed by atoms with Crippen molar-refractivity contribution >= 4 is 23.5 Å². The first-order valence-corrected chi connectivity index (χ1v) is 10.3. The molecule has 4 rings (SSSR count). The highest BCUT2D eigenvalue weighted by Gasteiger charge is 2.46. The van der Waals surface area contributed by atoms with Gasteiger partial charge in [0.25, 0.3) is 5.91 Å². The van der Waals surface area contributed by atoms with Gasteiger partial charge in [-0.05, 0) is 54.5 Å². The van der Waals surface area contributed by atoms with E-state index >= 15 is 0 Å². The number of rotatable bonds is 3. The smallest absolute Gasteiger partial charge is 0.331 e. The lowest BCUT2D eigenvalue weighted by Gasteiger charge is -2.39. The van der Waals surface area contributed by atoms with Gasteiger partial charge in [-0.15, -0.1) is 0 Å². The van der Waals surface area contributed by atoms with Crippen LogP contribution >= 0.6 is 11.6 Å². The first-order chi connectivity index (χ1) is 13.9. The summed E-state index contributed by atoms with van der Waals surface area (Å²) in [7, 11) is 0. The minimum absolute atomic E-state index is 0.111. The van der Waals surface area contributed by atoms with Crippen molar-refractivity contribution in [3.63, 3.8) is 0 Å². The summed E-state index contributed by atoms with van der Waals surface area (Å²) in [6.45, 7) is 3.82. The van der Waals surface area contributed by atoms with Crippen molar-refractivity contribution in [2.24, 2.45) is 5.92 Å². The SMILES string of the molecule is CC(C)C1Oc2ccc(Cl)cc2C(C(=O)O)N(C2CCCc3ccccc32)C1=O. The number of benzene rings is 2.